The first-order valence-corrected chi connectivity index (χ1v) is 5.88. The second kappa shape index (κ2) is 5.16. The number of aromatic carboxylic acids is 1. The van der Waals surface area contributed by atoms with Crippen LogP contribution < -0.4 is 11.1 Å². The van der Waals surface area contributed by atoms with Gasteiger partial charge in [0.05, 0.1) is 11.3 Å². The number of halogens is 1. The van der Waals surface area contributed by atoms with Gasteiger partial charge < -0.3 is 16.2 Å². The lowest BCUT2D eigenvalue weighted by Gasteiger charge is -2.10. The Kier molecular flexibility index (Phi) is 3.57. The van der Waals surface area contributed by atoms with Crippen LogP contribution in [0.1, 0.15) is 15.9 Å². The SMILES string of the molecule is Cc1ccc(Nc2nccc(C(=O)O)c2N)cc1Cl. The quantitative estimate of drug-likeness (QED) is 0.802. The third-order valence-electron chi connectivity index (χ3n) is 2.66. The van der Waals surface area contributed by atoms with E-state index < -0.39 is 5.97 Å². The predicted octanol–water partition coefficient (Wildman–Crippen LogP) is 3.07. The Labute approximate surface area is 115 Å². The van der Waals surface area contributed by atoms with E-state index >= 15 is 0 Å². The highest BCUT2D eigenvalue weighted by atomic mass is 35.5. The van der Waals surface area contributed by atoms with Gasteiger partial charge in [0.1, 0.15) is 0 Å². The zero-order chi connectivity index (χ0) is 14.0. The first-order chi connectivity index (χ1) is 8.99. The second-order valence-electron chi connectivity index (χ2n) is 4.01. The number of aryl methyl sites for hydroxylation is 1. The van der Waals surface area contributed by atoms with Crippen LogP contribution in [0.25, 0.3) is 0 Å². The molecule has 0 saturated carbocycles. The maximum absolute atomic E-state index is 11.0. The van der Waals surface area contributed by atoms with E-state index in [2.05, 4.69) is 10.3 Å². The fraction of sp³-hybridized carbons (Fsp3) is 0.0769. The zero-order valence-corrected chi connectivity index (χ0v) is 10.9. The summed E-state index contributed by atoms with van der Waals surface area (Å²) in [5.74, 6) is -0.801. The minimum Gasteiger partial charge on any atom is -0.478 e. The molecule has 98 valence electrons. The molecule has 6 heteroatoms. The molecule has 2 aromatic rings. The first-order valence-electron chi connectivity index (χ1n) is 5.50. The van der Waals surface area contributed by atoms with Crippen molar-refractivity contribution in [2.75, 3.05) is 11.1 Å². The number of hydrogen-bond donors (Lipinski definition) is 3. The minimum atomic E-state index is -1.09. The van der Waals surface area contributed by atoms with Gasteiger partial charge in [0.25, 0.3) is 0 Å². The van der Waals surface area contributed by atoms with Crippen LogP contribution in [0.4, 0.5) is 17.2 Å². The normalized spacial score (nSPS) is 10.2. The summed E-state index contributed by atoms with van der Waals surface area (Å²) in [7, 11) is 0. The molecule has 5 nitrogen and oxygen atoms in total. The highest BCUT2D eigenvalue weighted by molar-refractivity contribution is 6.31. The Morgan fingerprint density at radius 3 is 2.79 bits per heavy atom. The number of pyridine rings is 1. The van der Waals surface area contributed by atoms with E-state index in [9.17, 15) is 4.79 Å². The number of hydrogen-bond acceptors (Lipinski definition) is 4. The van der Waals surface area contributed by atoms with Crippen LogP contribution in [0, 0.1) is 6.92 Å². The number of carboxylic acids is 1. The number of nitrogen functional groups attached to an aromatic ring is 1. The molecule has 0 spiro atoms. The van der Waals surface area contributed by atoms with Crippen LogP contribution in [0.5, 0.6) is 0 Å². The molecule has 0 unspecified atom stereocenters. The molecule has 0 atom stereocenters. The number of anilines is 3. The molecule has 0 aliphatic rings. The van der Waals surface area contributed by atoms with Crippen molar-refractivity contribution in [2.24, 2.45) is 0 Å². The number of nitrogens with one attached hydrogen (secondary N) is 1. The Hall–Kier alpha value is -2.27. The Balaban J connectivity index is 2.35. The van der Waals surface area contributed by atoms with Crippen molar-refractivity contribution in [1.29, 1.82) is 0 Å². The Morgan fingerprint density at radius 1 is 1.42 bits per heavy atom. The summed E-state index contributed by atoms with van der Waals surface area (Å²) in [6.45, 7) is 1.89. The number of aromatic nitrogens is 1. The first kappa shape index (κ1) is 13.2. The van der Waals surface area contributed by atoms with E-state index in [-0.39, 0.29) is 11.3 Å². The third-order valence-corrected chi connectivity index (χ3v) is 3.06. The van der Waals surface area contributed by atoms with E-state index in [0.717, 1.165) is 5.56 Å². The summed E-state index contributed by atoms with van der Waals surface area (Å²) in [5.41, 5.74) is 7.50. The monoisotopic (exact) mass is 277 g/mol. The van der Waals surface area contributed by atoms with Crippen molar-refractivity contribution >= 4 is 34.8 Å². The average Bonchev–Trinajstić information content (AvgIpc) is 2.36. The topological polar surface area (TPSA) is 88.2 Å². The van der Waals surface area contributed by atoms with Crippen molar-refractivity contribution in [2.45, 2.75) is 6.92 Å². The van der Waals surface area contributed by atoms with Gasteiger partial charge in [-0.05, 0) is 30.7 Å². The smallest absolute Gasteiger partial charge is 0.337 e. The van der Waals surface area contributed by atoms with Gasteiger partial charge in [0.15, 0.2) is 5.82 Å². The summed E-state index contributed by atoms with van der Waals surface area (Å²) >= 11 is 6.02. The van der Waals surface area contributed by atoms with Crippen LogP contribution >= 0.6 is 11.6 Å². The lowest BCUT2D eigenvalue weighted by atomic mass is 10.2. The van der Waals surface area contributed by atoms with Gasteiger partial charge in [-0.2, -0.15) is 0 Å². The van der Waals surface area contributed by atoms with E-state index in [1.54, 1.807) is 6.07 Å². The molecular weight excluding hydrogens is 266 g/mol. The van der Waals surface area contributed by atoms with Crippen LogP contribution in [0.2, 0.25) is 5.02 Å². The van der Waals surface area contributed by atoms with Crippen LogP contribution in [-0.4, -0.2) is 16.1 Å². The number of nitrogens with two attached hydrogens (primary N) is 1. The minimum absolute atomic E-state index is 0.00992. The highest BCUT2D eigenvalue weighted by Crippen LogP contribution is 2.26. The molecule has 0 saturated heterocycles. The maximum atomic E-state index is 11.0. The Morgan fingerprint density at radius 2 is 2.16 bits per heavy atom. The average molecular weight is 278 g/mol. The summed E-state index contributed by atoms with van der Waals surface area (Å²) in [6.07, 6.45) is 1.39. The van der Waals surface area contributed by atoms with Crippen molar-refractivity contribution in [1.82, 2.24) is 4.98 Å². The van der Waals surface area contributed by atoms with E-state index in [0.29, 0.717) is 16.5 Å². The van der Waals surface area contributed by atoms with E-state index in [4.69, 9.17) is 22.4 Å². The van der Waals surface area contributed by atoms with E-state index in [1.165, 1.54) is 12.3 Å². The van der Waals surface area contributed by atoms with Gasteiger partial charge in [-0.15, -0.1) is 0 Å². The molecule has 19 heavy (non-hydrogen) atoms. The number of nitrogens with zero attached hydrogens (tertiary/aromatic N) is 1. The Bertz CT molecular complexity index is 644. The summed E-state index contributed by atoms with van der Waals surface area (Å²) in [5, 5.41) is 12.5. The zero-order valence-electron chi connectivity index (χ0n) is 10.1. The lowest BCUT2D eigenvalue weighted by Crippen LogP contribution is -2.07. The van der Waals surface area contributed by atoms with E-state index in [1.807, 2.05) is 19.1 Å². The third kappa shape index (κ3) is 2.77. The van der Waals surface area contributed by atoms with Crippen molar-refractivity contribution in [3.8, 4) is 0 Å². The predicted molar refractivity (Wildman–Crippen MR) is 75.1 cm³/mol. The molecular formula is C13H12ClN3O2. The largest absolute Gasteiger partial charge is 0.478 e. The maximum Gasteiger partial charge on any atom is 0.337 e. The molecule has 1 heterocycles. The number of rotatable bonds is 3. The fourth-order valence-corrected chi connectivity index (χ4v) is 1.75. The van der Waals surface area contributed by atoms with Gasteiger partial charge in [-0.25, -0.2) is 9.78 Å². The van der Waals surface area contributed by atoms with Gasteiger partial charge in [0.2, 0.25) is 0 Å². The van der Waals surface area contributed by atoms with Gasteiger partial charge in [0, 0.05) is 16.9 Å². The summed E-state index contributed by atoms with van der Waals surface area (Å²) in [4.78, 5) is 15.0. The van der Waals surface area contributed by atoms with Crippen LogP contribution in [0.3, 0.4) is 0 Å². The molecule has 0 aliphatic carbocycles. The standard InChI is InChI=1S/C13H12ClN3O2/c1-7-2-3-8(6-10(7)14)17-12-11(15)9(13(18)19)4-5-16-12/h2-6H,15H2,1H3,(H,16,17)(H,18,19). The second-order valence-corrected chi connectivity index (χ2v) is 4.42. The molecule has 0 radical (unpaired) electrons. The molecule has 0 aliphatic heterocycles. The molecule has 0 amide bonds. The number of benzene rings is 1. The number of carboxylic acid groups (broad SMARTS) is 1. The van der Waals surface area contributed by atoms with Crippen LogP contribution in [0.15, 0.2) is 30.5 Å². The molecule has 0 bridgehead atoms. The van der Waals surface area contributed by atoms with Gasteiger partial charge >= 0.3 is 5.97 Å². The molecule has 4 N–H and O–H groups in total. The highest BCUT2D eigenvalue weighted by Gasteiger charge is 2.12. The van der Waals surface area contributed by atoms with Gasteiger partial charge in [-0.3, -0.25) is 0 Å². The molecule has 1 aromatic heterocycles. The molecule has 2 rings (SSSR count). The lowest BCUT2D eigenvalue weighted by molar-refractivity contribution is 0.0698. The summed E-state index contributed by atoms with van der Waals surface area (Å²) < 4.78 is 0. The van der Waals surface area contributed by atoms with Gasteiger partial charge in [-0.1, -0.05) is 17.7 Å². The van der Waals surface area contributed by atoms with Crippen molar-refractivity contribution in [3.63, 3.8) is 0 Å². The van der Waals surface area contributed by atoms with Crippen LogP contribution in [-0.2, 0) is 0 Å². The molecule has 0 fully saturated rings. The number of carbonyl (C=O) groups is 1. The van der Waals surface area contributed by atoms with Crippen molar-refractivity contribution in [3.05, 3.63) is 46.6 Å². The molecule has 1 aromatic carbocycles. The summed E-state index contributed by atoms with van der Waals surface area (Å²) in [6, 6.07) is 6.74. The van der Waals surface area contributed by atoms with Crippen molar-refractivity contribution < 1.29 is 9.90 Å². The fourth-order valence-electron chi connectivity index (χ4n) is 1.57.